The van der Waals surface area contributed by atoms with Crippen LogP contribution in [0.25, 0.3) is 28.3 Å². The second-order valence-electron chi connectivity index (χ2n) is 5.42. The first-order valence-corrected chi connectivity index (χ1v) is 9.87. The van der Waals surface area contributed by atoms with Gasteiger partial charge in [0.2, 0.25) is 0 Å². The summed E-state index contributed by atoms with van der Waals surface area (Å²) in [5, 5.41) is 0. The van der Waals surface area contributed by atoms with E-state index in [-0.39, 0.29) is 0 Å². The van der Waals surface area contributed by atoms with Crippen LogP contribution in [0.15, 0.2) is 77.3 Å². The summed E-state index contributed by atoms with van der Waals surface area (Å²) in [4.78, 5) is 14.1. The molecule has 3 aromatic rings. The van der Waals surface area contributed by atoms with Gasteiger partial charge in [-0.1, -0.05) is 90.5 Å². The van der Waals surface area contributed by atoms with Gasteiger partial charge in [-0.25, -0.2) is 15.0 Å². The highest BCUT2D eigenvalue weighted by molar-refractivity contribution is 9.10. The van der Waals surface area contributed by atoms with E-state index in [1.807, 2.05) is 101 Å². The molecule has 0 amide bonds. The van der Waals surface area contributed by atoms with E-state index >= 15 is 0 Å². The van der Waals surface area contributed by atoms with Crippen LogP contribution in [0.3, 0.4) is 0 Å². The Morgan fingerprint density at radius 2 is 1.33 bits per heavy atom. The van der Waals surface area contributed by atoms with Crippen LogP contribution in [0.1, 0.15) is 33.5 Å². The minimum Gasteiger partial charge on any atom is -0.208 e. The highest BCUT2D eigenvalue weighted by Crippen LogP contribution is 2.24. The number of hydrogen-bond acceptors (Lipinski definition) is 3. The molecule has 0 radical (unpaired) electrons. The van der Waals surface area contributed by atoms with Crippen molar-refractivity contribution in [3.8, 4) is 22.8 Å². The van der Waals surface area contributed by atoms with Gasteiger partial charge in [0.15, 0.2) is 17.5 Å². The van der Waals surface area contributed by atoms with E-state index in [0.29, 0.717) is 17.5 Å². The van der Waals surface area contributed by atoms with Crippen molar-refractivity contribution in [1.29, 1.82) is 0 Å². The molecule has 138 valence electrons. The third-order valence-corrected chi connectivity index (χ3v) is 4.21. The van der Waals surface area contributed by atoms with Gasteiger partial charge in [-0.15, -0.1) is 0 Å². The Labute approximate surface area is 170 Å². The van der Waals surface area contributed by atoms with Crippen LogP contribution in [0.4, 0.5) is 0 Å². The van der Waals surface area contributed by atoms with E-state index in [4.69, 9.17) is 9.97 Å². The lowest BCUT2D eigenvalue weighted by Crippen LogP contribution is -2.02. The Hall–Kier alpha value is -2.59. The summed E-state index contributed by atoms with van der Waals surface area (Å²) < 4.78 is 1.02. The average Bonchev–Trinajstić information content (AvgIpc) is 2.74. The molecule has 3 rings (SSSR count). The maximum Gasteiger partial charge on any atom is 0.164 e. The van der Waals surface area contributed by atoms with Crippen LogP contribution in [-0.4, -0.2) is 15.0 Å². The van der Waals surface area contributed by atoms with Crippen LogP contribution in [0.5, 0.6) is 0 Å². The van der Waals surface area contributed by atoms with E-state index in [1.54, 1.807) is 0 Å². The summed E-state index contributed by atoms with van der Waals surface area (Å²) in [6.45, 7) is 7.97. The number of allylic oxidation sites excluding steroid dienone is 4. The molecule has 4 heteroatoms. The van der Waals surface area contributed by atoms with E-state index in [9.17, 15) is 0 Å². The zero-order chi connectivity index (χ0) is 19.6. The van der Waals surface area contributed by atoms with Crippen molar-refractivity contribution in [2.45, 2.75) is 27.7 Å². The molecular formula is C23H24BrN3. The molecule has 0 saturated heterocycles. The number of rotatable bonds is 4. The molecule has 0 atom stereocenters. The fraction of sp³-hybridized carbons (Fsp3) is 0.174. The molecule has 0 N–H and O–H groups in total. The third-order valence-electron chi connectivity index (χ3n) is 3.69. The fourth-order valence-corrected chi connectivity index (χ4v) is 2.69. The van der Waals surface area contributed by atoms with E-state index < -0.39 is 0 Å². The molecule has 0 spiro atoms. The lowest BCUT2D eigenvalue weighted by atomic mass is 10.1. The first-order valence-electron chi connectivity index (χ1n) is 9.08. The Balaban J connectivity index is 0.00000126. The second kappa shape index (κ2) is 10.5. The molecule has 3 nitrogen and oxygen atoms in total. The molecular weight excluding hydrogens is 398 g/mol. The zero-order valence-corrected chi connectivity index (χ0v) is 17.7. The van der Waals surface area contributed by atoms with Crippen molar-refractivity contribution in [2.75, 3.05) is 0 Å². The van der Waals surface area contributed by atoms with Crippen molar-refractivity contribution >= 4 is 21.5 Å². The predicted molar refractivity (Wildman–Crippen MR) is 118 cm³/mol. The van der Waals surface area contributed by atoms with Crippen LogP contribution < -0.4 is 0 Å². The van der Waals surface area contributed by atoms with Gasteiger partial charge in [-0.05, 0) is 26.0 Å². The van der Waals surface area contributed by atoms with Gasteiger partial charge in [0, 0.05) is 21.2 Å². The number of nitrogens with zero attached hydrogens (tertiary/aromatic N) is 3. The average molecular weight is 422 g/mol. The van der Waals surface area contributed by atoms with E-state index in [2.05, 4.69) is 20.9 Å². The lowest BCUT2D eigenvalue weighted by Gasteiger charge is -2.08. The maximum absolute atomic E-state index is 4.69. The standard InChI is InChI=1S/C21H18BrN3.C2H6/c1-3-8-15(4-2)19-23-20(16-9-6-5-7-10-16)25-21(24-19)17-11-13-18(22)14-12-17;1-2/h3-14H,1-2H3;1-2H3/b8-3-,15-4+;. The van der Waals surface area contributed by atoms with E-state index in [0.717, 1.165) is 21.2 Å². The smallest absolute Gasteiger partial charge is 0.164 e. The molecule has 2 aromatic carbocycles. The molecule has 27 heavy (non-hydrogen) atoms. The highest BCUT2D eigenvalue weighted by atomic mass is 79.9. The summed E-state index contributed by atoms with van der Waals surface area (Å²) in [6.07, 6.45) is 6.01. The molecule has 0 aliphatic rings. The Kier molecular flexibility index (Phi) is 8.08. The largest absolute Gasteiger partial charge is 0.208 e. The summed E-state index contributed by atoms with van der Waals surface area (Å²) in [5.74, 6) is 2.01. The van der Waals surface area contributed by atoms with Gasteiger partial charge in [0.25, 0.3) is 0 Å². The first kappa shape index (κ1) is 20.7. The number of halogens is 1. The molecule has 0 saturated carbocycles. The summed E-state index contributed by atoms with van der Waals surface area (Å²) in [5.41, 5.74) is 2.90. The quantitative estimate of drug-likeness (QED) is 0.426. The Morgan fingerprint density at radius 3 is 1.85 bits per heavy atom. The van der Waals surface area contributed by atoms with Gasteiger partial charge >= 0.3 is 0 Å². The molecule has 0 unspecified atom stereocenters. The van der Waals surface area contributed by atoms with Crippen LogP contribution in [0, 0.1) is 0 Å². The Morgan fingerprint density at radius 1 is 0.778 bits per heavy atom. The first-order chi connectivity index (χ1) is 13.2. The van der Waals surface area contributed by atoms with Crippen molar-refractivity contribution < 1.29 is 0 Å². The zero-order valence-electron chi connectivity index (χ0n) is 16.1. The minimum atomic E-state index is 0.667. The van der Waals surface area contributed by atoms with Crippen molar-refractivity contribution in [2.24, 2.45) is 0 Å². The van der Waals surface area contributed by atoms with Gasteiger partial charge < -0.3 is 0 Å². The molecule has 1 aromatic heterocycles. The molecule has 0 aliphatic carbocycles. The molecule has 0 aliphatic heterocycles. The predicted octanol–water partition coefficient (Wildman–Crippen LogP) is 6.97. The molecule has 0 fully saturated rings. The normalized spacial score (nSPS) is 11.2. The van der Waals surface area contributed by atoms with Gasteiger partial charge in [0.1, 0.15) is 0 Å². The second-order valence-corrected chi connectivity index (χ2v) is 6.34. The van der Waals surface area contributed by atoms with Crippen LogP contribution in [-0.2, 0) is 0 Å². The van der Waals surface area contributed by atoms with Gasteiger partial charge in [-0.3, -0.25) is 0 Å². The van der Waals surface area contributed by atoms with Crippen LogP contribution >= 0.6 is 15.9 Å². The number of hydrogen-bond donors (Lipinski definition) is 0. The summed E-state index contributed by atoms with van der Waals surface area (Å²) in [6, 6.07) is 18.0. The monoisotopic (exact) mass is 421 g/mol. The SMILES string of the molecule is C/C=C\C(=C/C)c1nc(-c2ccccc2)nc(-c2ccc(Br)cc2)n1.CC. The van der Waals surface area contributed by atoms with E-state index in [1.165, 1.54) is 0 Å². The highest BCUT2D eigenvalue weighted by Gasteiger charge is 2.12. The van der Waals surface area contributed by atoms with Crippen molar-refractivity contribution in [3.05, 3.63) is 83.1 Å². The number of benzene rings is 2. The van der Waals surface area contributed by atoms with Gasteiger partial charge in [0.05, 0.1) is 0 Å². The third kappa shape index (κ3) is 5.44. The Bertz CT molecular complexity index is 914. The van der Waals surface area contributed by atoms with Gasteiger partial charge in [-0.2, -0.15) is 0 Å². The van der Waals surface area contributed by atoms with Crippen LogP contribution in [0.2, 0.25) is 0 Å². The fourth-order valence-electron chi connectivity index (χ4n) is 2.43. The number of aromatic nitrogens is 3. The molecule has 0 bridgehead atoms. The summed E-state index contributed by atoms with van der Waals surface area (Å²) in [7, 11) is 0. The lowest BCUT2D eigenvalue weighted by molar-refractivity contribution is 1.04. The van der Waals surface area contributed by atoms with Crippen molar-refractivity contribution in [3.63, 3.8) is 0 Å². The minimum absolute atomic E-state index is 0.667. The molecule has 1 heterocycles. The maximum atomic E-state index is 4.69. The summed E-state index contributed by atoms with van der Waals surface area (Å²) >= 11 is 3.47. The topological polar surface area (TPSA) is 38.7 Å². The van der Waals surface area contributed by atoms with Crippen molar-refractivity contribution in [1.82, 2.24) is 15.0 Å².